The monoisotopic (exact) mass is 626 g/mol. The lowest BCUT2D eigenvalue weighted by atomic mass is 10.0. The quantitative estimate of drug-likeness (QED) is 0.105. The van der Waals surface area contributed by atoms with E-state index in [2.05, 4.69) is 10.3 Å². The van der Waals surface area contributed by atoms with Gasteiger partial charge in [-0.15, -0.1) is 0 Å². The lowest BCUT2D eigenvalue weighted by Gasteiger charge is -2.10. The molecule has 0 radical (unpaired) electrons. The molecule has 0 aliphatic carbocycles. The number of amides is 1. The van der Waals surface area contributed by atoms with Crippen LogP contribution in [0.2, 0.25) is 0 Å². The molecule has 2 N–H and O–H groups in total. The van der Waals surface area contributed by atoms with Crippen LogP contribution in [0.15, 0.2) is 114 Å². The van der Waals surface area contributed by atoms with Gasteiger partial charge >= 0.3 is 0 Å². The van der Waals surface area contributed by atoms with Crippen molar-refractivity contribution in [2.75, 3.05) is 0 Å². The lowest BCUT2D eigenvalue weighted by molar-refractivity contribution is -0.0785. The highest BCUT2D eigenvalue weighted by molar-refractivity contribution is 7.93. The molecule has 0 spiro atoms. The number of phenolic OH excluding ortho intramolecular Hbond substituents is 1. The van der Waals surface area contributed by atoms with E-state index in [1.54, 1.807) is 40.6 Å². The number of aromatic nitrogens is 3. The van der Waals surface area contributed by atoms with Crippen molar-refractivity contribution in [3.8, 4) is 22.6 Å². The third kappa shape index (κ3) is 6.71. The number of benzene rings is 3. The fourth-order valence-electron chi connectivity index (χ4n) is 4.76. The van der Waals surface area contributed by atoms with Gasteiger partial charge in [0.25, 0.3) is 11.5 Å². The van der Waals surface area contributed by atoms with Crippen molar-refractivity contribution in [1.29, 1.82) is 0 Å². The second kappa shape index (κ2) is 13.0. The fraction of sp³-hybridized carbons (Fsp3) is 0.0606. The predicted octanol–water partition coefficient (Wildman–Crippen LogP) is 6.25. The highest BCUT2D eigenvalue weighted by Gasteiger charge is 2.16. The zero-order valence-electron chi connectivity index (χ0n) is 23.4. The van der Waals surface area contributed by atoms with Gasteiger partial charge in [-0.25, -0.2) is 17.7 Å². The Labute approximate surface area is 259 Å². The first-order chi connectivity index (χ1) is 21.9. The summed E-state index contributed by atoms with van der Waals surface area (Å²) in [6.07, 6.45) is 4.91. The molecule has 3 aromatic heterocycles. The molecule has 3 heterocycles. The van der Waals surface area contributed by atoms with E-state index in [4.69, 9.17) is 9.22 Å². The van der Waals surface area contributed by atoms with Gasteiger partial charge in [0, 0.05) is 36.1 Å². The van der Waals surface area contributed by atoms with Gasteiger partial charge in [0.1, 0.15) is 11.3 Å². The lowest BCUT2D eigenvalue weighted by Crippen LogP contribution is -2.32. The molecule has 0 aliphatic heterocycles. The maximum Gasteiger partial charge on any atom is 0.263 e. The number of hydrogen-bond donors (Lipinski definition) is 2. The molecule has 0 fully saturated rings. The number of nitrogens with zero attached hydrogens (tertiary/aromatic N) is 3. The molecule has 0 unspecified atom stereocenters. The average Bonchev–Trinajstić information content (AvgIpc) is 3.41. The minimum absolute atomic E-state index is 0.0113. The van der Waals surface area contributed by atoms with Crippen molar-refractivity contribution in [3.63, 3.8) is 0 Å². The molecule has 0 saturated heterocycles. The molecule has 0 saturated carbocycles. The number of pyridine rings is 2. The number of fused-ring (bicyclic) bond motifs is 1. The van der Waals surface area contributed by atoms with Gasteiger partial charge in [-0.3, -0.25) is 9.59 Å². The first-order valence-corrected chi connectivity index (χ1v) is 14.3. The van der Waals surface area contributed by atoms with Gasteiger partial charge in [-0.05, 0) is 83.4 Å². The Hall–Kier alpha value is -5.46. The summed E-state index contributed by atoms with van der Waals surface area (Å²) in [5.74, 6) is -2.13. The summed E-state index contributed by atoms with van der Waals surface area (Å²) in [4.78, 5) is 35.8. The molecule has 0 atom stereocenters. The number of nitrogens with one attached hydrogen (secondary N) is 1. The minimum Gasteiger partial charge on any atom is -0.508 e. The Morgan fingerprint density at radius 2 is 1.78 bits per heavy atom. The smallest absolute Gasteiger partial charge is 0.263 e. The highest BCUT2D eigenvalue weighted by atomic mass is 32.2. The second-order valence-corrected chi connectivity index (χ2v) is 10.6. The molecule has 12 heteroatoms. The van der Waals surface area contributed by atoms with Crippen LogP contribution in [-0.2, 0) is 17.4 Å². The normalized spacial score (nSPS) is 11.1. The maximum atomic E-state index is 13.6. The van der Waals surface area contributed by atoms with Crippen LogP contribution in [0.25, 0.3) is 22.2 Å². The number of halogens is 2. The van der Waals surface area contributed by atoms with Crippen LogP contribution in [-0.4, -0.2) is 24.5 Å². The Morgan fingerprint density at radius 1 is 0.933 bits per heavy atom. The van der Waals surface area contributed by atoms with Gasteiger partial charge < -0.3 is 19.9 Å². The summed E-state index contributed by atoms with van der Waals surface area (Å²) < 4.78 is 35.2. The molecule has 226 valence electrons. The van der Waals surface area contributed by atoms with Crippen LogP contribution in [0.5, 0.6) is 11.5 Å². The zero-order valence-corrected chi connectivity index (χ0v) is 24.2. The minimum atomic E-state index is -1.02. The van der Waals surface area contributed by atoms with Gasteiger partial charge in [-0.2, -0.15) is 0 Å². The summed E-state index contributed by atoms with van der Waals surface area (Å²) in [6, 6.07) is 23.9. The number of carbonyl (C=O) groups is 1. The molecular formula is C33H24F2N4O5S. The van der Waals surface area contributed by atoms with Crippen LogP contribution >= 0.6 is 12.2 Å². The highest BCUT2D eigenvalue weighted by Crippen LogP contribution is 2.34. The largest absolute Gasteiger partial charge is 0.508 e. The molecule has 6 aromatic rings. The summed E-state index contributed by atoms with van der Waals surface area (Å²) in [7, 11) is 0. The maximum absolute atomic E-state index is 13.6. The number of phenols is 1. The molecule has 0 aliphatic rings. The number of rotatable bonds is 10. The SMILES string of the molecule is O=C(NCc1cc(O)cc(-c2cn(SOOc3ccccc3)c3ncccc23)c1)c1cccn(Cc2ccc(F)c(F)c2)c1=O. The zero-order chi connectivity index (χ0) is 31.3. The van der Waals surface area contributed by atoms with Crippen LogP contribution in [0.4, 0.5) is 8.78 Å². The number of hydrogen-bond acceptors (Lipinski definition) is 7. The van der Waals surface area contributed by atoms with E-state index >= 15 is 0 Å². The van der Waals surface area contributed by atoms with E-state index in [1.807, 2.05) is 30.3 Å². The summed E-state index contributed by atoms with van der Waals surface area (Å²) in [6.45, 7) is -0.0331. The van der Waals surface area contributed by atoms with Crippen molar-refractivity contribution in [3.05, 3.63) is 148 Å². The second-order valence-electron chi connectivity index (χ2n) is 9.96. The number of carbonyl (C=O) groups excluding carboxylic acids is 1. The van der Waals surface area contributed by atoms with Gasteiger partial charge in [0.15, 0.2) is 35.3 Å². The summed E-state index contributed by atoms with van der Waals surface area (Å²) in [5, 5.41) is 14.1. The van der Waals surface area contributed by atoms with E-state index in [0.29, 0.717) is 28.1 Å². The first kappa shape index (κ1) is 29.6. The third-order valence-corrected chi connectivity index (χ3v) is 7.43. The van der Waals surface area contributed by atoms with E-state index in [1.165, 1.54) is 35.0 Å². The number of aromatic hydroxyl groups is 1. The van der Waals surface area contributed by atoms with Crippen molar-refractivity contribution in [2.45, 2.75) is 13.1 Å². The fourth-order valence-corrected chi connectivity index (χ4v) is 5.30. The van der Waals surface area contributed by atoms with Crippen LogP contribution in [0.3, 0.4) is 0 Å². The van der Waals surface area contributed by atoms with Crippen molar-refractivity contribution >= 4 is 29.2 Å². The Balaban J connectivity index is 1.19. The molecule has 6 rings (SSSR count). The Morgan fingerprint density at radius 3 is 2.60 bits per heavy atom. The number of para-hydroxylation sites is 1. The topological polar surface area (TPSA) is 108 Å². The van der Waals surface area contributed by atoms with E-state index < -0.39 is 23.1 Å². The summed E-state index contributed by atoms with van der Waals surface area (Å²) in [5.41, 5.74) is 2.26. The van der Waals surface area contributed by atoms with E-state index in [-0.39, 0.29) is 24.4 Å². The van der Waals surface area contributed by atoms with Crippen molar-refractivity contribution < 1.29 is 27.9 Å². The van der Waals surface area contributed by atoms with Crippen molar-refractivity contribution in [2.24, 2.45) is 0 Å². The first-order valence-electron chi connectivity index (χ1n) is 13.6. The molecule has 0 bridgehead atoms. The van der Waals surface area contributed by atoms with E-state index in [0.717, 1.165) is 35.3 Å². The summed E-state index contributed by atoms with van der Waals surface area (Å²) >= 11 is 0.930. The van der Waals surface area contributed by atoms with Crippen LogP contribution in [0.1, 0.15) is 21.5 Å². The molecule has 1 amide bonds. The molecule has 3 aromatic carbocycles. The van der Waals surface area contributed by atoms with Gasteiger partial charge in [-0.1, -0.05) is 28.6 Å². The third-order valence-electron chi connectivity index (χ3n) is 6.86. The van der Waals surface area contributed by atoms with E-state index in [9.17, 15) is 23.5 Å². The van der Waals surface area contributed by atoms with Crippen LogP contribution < -0.4 is 15.8 Å². The average molecular weight is 627 g/mol. The van der Waals surface area contributed by atoms with Crippen molar-refractivity contribution in [1.82, 2.24) is 18.8 Å². The Kier molecular flexibility index (Phi) is 8.58. The molecule has 9 nitrogen and oxygen atoms in total. The molecular weight excluding hydrogens is 602 g/mol. The molecule has 45 heavy (non-hydrogen) atoms. The van der Waals surface area contributed by atoms with Crippen LogP contribution in [0, 0.1) is 11.6 Å². The predicted molar refractivity (Wildman–Crippen MR) is 165 cm³/mol. The van der Waals surface area contributed by atoms with Gasteiger partial charge in [0.2, 0.25) is 0 Å². The Bertz CT molecular complexity index is 2070. The standard InChI is InChI=1S/C33H24F2N4O5S/c34-29-11-10-21(16-30(29)35)19-38-13-5-9-27(33(38)42)32(41)37-18-22-14-23(17-24(40)15-22)28-20-39(31-26(28)8-4-12-36-31)45-44-43-25-6-2-1-3-7-25/h1-17,20,40H,18-19H2,(H,37,41). The van der Waals surface area contributed by atoms with Gasteiger partial charge in [0.05, 0.1) is 6.54 Å².